The van der Waals surface area contributed by atoms with Crippen molar-refractivity contribution in [3.63, 3.8) is 0 Å². The van der Waals surface area contributed by atoms with E-state index in [9.17, 15) is 9.59 Å². The fourth-order valence-electron chi connectivity index (χ4n) is 2.27. The number of Topliss-reactive ketones (excluding diaryl/α,β-unsaturated/α-hetero) is 1. The minimum Gasteiger partial charge on any atom is -0.355 e. The van der Waals surface area contributed by atoms with Gasteiger partial charge in [0, 0.05) is 29.2 Å². The Morgan fingerprint density at radius 1 is 1.25 bits per heavy atom. The van der Waals surface area contributed by atoms with Crippen molar-refractivity contribution in [1.82, 2.24) is 9.88 Å². The molecule has 0 fully saturated rings. The molecule has 0 atom stereocenters. The molecule has 0 radical (unpaired) electrons. The van der Waals surface area contributed by atoms with Gasteiger partial charge in [-0.2, -0.15) is 0 Å². The fraction of sp³-hybridized carbons (Fsp3) is 0.375. The molecule has 1 N–H and O–H groups in total. The van der Waals surface area contributed by atoms with Gasteiger partial charge >= 0.3 is 0 Å². The van der Waals surface area contributed by atoms with Crippen molar-refractivity contribution in [3.8, 4) is 0 Å². The number of nitrogens with one attached hydrogen (secondary N) is 1. The number of hydrogen-bond acceptors (Lipinski definition) is 2. The van der Waals surface area contributed by atoms with Crippen molar-refractivity contribution in [2.75, 3.05) is 6.54 Å². The van der Waals surface area contributed by atoms with Crippen LogP contribution in [0.15, 0.2) is 30.5 Å². The summed E-state index contributed by atoms with van der Waals surface area (Å²) in [6.45, 7) is 4.59. The number of ketones is 1. The first-order valence-electron chi connectivity index (χ1n) is 6.99. The Hall–Kier alpha value is -2.10. The monoisotopic (exact) mass is 272 g/mol. The molecule has 0 aliphatic rings. The molecular formula is C16H20N2O2. The highest BCUT2D eigenvalue weighted by molar-refractivity contribution is 6.07. The Bertz CT molecular complexity index is 628. The average molecular weight is 272 g/mol. The smallest absolute Gasteiger partial charge is 0.239 e. The second-order valence-electron chi connectivity index (χ2n) is 4.95. The van der Waals surface area contributed by atoms with Crippen molar-refractivity contribution in [1.29, 1.82) is 0 Å². The Kier molecular flexibility index (Phi) is 4.56. The summed E-state index contributed by atoms with van der Waals surface area (Å²) in [5.41, 5.74) is 1.59. The first kappa shape index (κ1) is 14.3. The third-order valence-corrected chi connectivity index (χ3v) is 3.33. The summed E-state index contributed by atoms with van der Waals surface area (Å²) in [6.07, 6.45) is 3.81. The summed E-state index contributed by atoms with van der Waals surface area (Å²) in [5.74, 6) is 0.000598. The maximum atomic E-state index is 11.9. The van der Waals surface area contributed by atoms with E-state index in [4.69, 9.17) is 0 Å². The zero-order valence-corrected chi connectivity index (χ0v) is 12.0. The maximum absolute atomic E-state index is 11.9. The SMILES string of the molecule is CCCCNC(=O)Cn1cc(C(C)=O)c2ccccc21. The van der Waals surface area contributed by atoms with Gasteiger partial charge < -0.3 is 9.88 Å². The topological polar surface area (TPSA) is 51.1 Å². The normalized spacial score (nSPS) is 10.7. The highest BCUT2D eigenvalue weighted by Crippen LogP contribution is 2.21. The van der Waals surface area contributed by atoms with Crippen LogP contribution in [0, 0.1) is 0 Å². The zero-order valence-electron chi connectivity index (χ0n) is 12.0. The van der Waals surface area contributed by atoms with Crippen molar-refractivity contribution >= 4 is 22.6 Å². The second-order valence-corrected chi connectivity index (χ2v) is 4.95. The van der Waals surface area contributed by atoms with Crippen LogP contribution in [0.25, 0.3) is 10.9 Å². The molecule has 4 nitrogen and oxygen atoms in total. The van der Waals surface area contributed by atoms with Gasteiger partial charge in [-0.25, -0.2) is 0 Å². The van der Waals surface area contributed by atoms with Gasteiger partial charge in [0.25, 0.3) is 0 Å². The van der Waals surface area contributed by atoms with Gasteiger partial charge in [0.15, 0.2) is 5.78 Å². The van der Waals surface area contributed by atoms with E-state index in [1.54, 1.807) is 13.1 Å². The van der Waals surface area contributed by atoms with E-state index in [1.807, 2.05) is 28.8 Å². The van der Waals surface area contributed by atoms with Crippen molar-refractivity contribution < 1.29 is 9.59 Å². The average Bonchev–Trinajstić information content (AvgIpc) is 2.78. The molecule has 1 aromatic carbocycles. The number of fused-ring (bicyclic) bond motifs is 1. The first-order valence-corrected chi connectivity index (χ1v) is 6.99. The number of hydrogen-bond donors (Lipinski definition) is 1. The van der Waals surface area contributed by atoms with E-state index in [1.165, 1.54) is 0 Å². The second kappa shape index (κ2) is 6.37. The Labute approximate surface area is 118 Å². The van der Waals surface area contributed by atoms with Gasteiger partial charge in [-0.3, -0.25) is 9.59 Å². The van der Waals surface area contributed by atoms with Crippen LogP contribution < -0.4 is 5.32 Å². The molecule has 2 aromatic rings. The van der Waals surface area contributed by atoms with Gasteiger partial charge in [0.1, 0.15) is 6.54 Å². The van der Waals surface area contributed by atoms with Crippen LogP contribution in [0.4, 0.5) is 0 Å². The lowest BCUT2D eigenvalue weighted by Gasteiger charge is -2.06. The highest BCUT2D eigenvalue weighted by Gasteiger charge is 2.13. The van der Waals surface area contributed by atoms with Crippen LogP contribution >= 0.6 is 0 Å². The number of aromatic nitrogens is 1. The Morgan fingerprint density at radius 2 is 2.00 bits per heavy atom. The molecule has 20 heavy (non-hydrogen) atoms. The summed E-state index contributed by atoms with van der Waals surface area (Å²) in [4.78, 5) is 23.5. The van der Waals surface area contributed by atoms with E-state index in [0.717, 1.165) is 23.7 Å². The standard InChI is InChI=1S/C16H20N2O2/c1-3-4-9-17-16(20)11-18-10-14(12(2)19)13-7-5-6-8-15(13)18/h5-8,10H,3-4,9,11H2,1-2H3,(H,17,20). The van der Waals surface area contributed by atoms with E-state index in [0.29, 0.717) is 12.1 Å². The van der Waals surface area contributed by atoms with Gasteiger partial charge in [-0.1, -0.05) is 31.5 Å². The van der Waals surface area contributed by atoms with Crippen LogP contribution in [-0.2, 0) is 11.3 Å². The molecule has 0 aliphatic carbocycles. The summed E-state index contributed by atoms with van der Waals surface area (Å²) in [7, 11) is 0. The molecular weight excluding hydrogens is 252 g/mol. The number of carbonyl (C=O) groups is 2. The molecule has 4 heteroatoms. The molecule has 106 valence electrons. The van der Waals surface area contributed by atoms with Gasteiger partial charge in [0.2, 0.25) is 5.91 Å². The lowest BCUT2D eigenvalue weighted by Crippen LogP contribution is -2.28. The predicted octanol–water partition coefficient (Wildman–Crippen LogP) is 2.76. The quantitative estimate of drug-likeness (QED) is 0.649. The molecule has 0 saturated carbocycles. The van der Waals surface area contributed by atoms with Crippen LogP contribution in [0.1, 0.15) is 37.0 Å². The first-order chi connectivity index (χ1) is 9.63. The number of unbranched alkanes of at least 4 members (excludes halogenated alkanes) is 1. The molecule has 0 bridgehead atoms. The molecule has 2 rings (SSSR count). The van der Waals surface area contributed by atoms with E-state index >= 15 is 0 Å². The van der Waals surface area contributed by atoms with E-state index in [2.05, 4.69) is 12.2 Å². The minimum absolute atomic E-state index is 0.0192. The van der Waals surface area contributed by atoms with Crippen molar-refractivity contribution in [2.45, 2.75) is 33.2 Å². The van der Waals surface area contributed by atoms with Crippen molar-refractivity contribution in [2.24, 2.45) is 0 Å². The van der Waals surface area contributed by atoms with Crippen LogP contribution in [-0.4, -0.2) is 22.8 Å². The lowest BCUT2D eigenvalue weighted by molar-refractivity contribution is -0.121. The van der Waals surface area contributed by atoms with Crippen LogP contribution in [0.3, 0.4) is 0 Å². The molecule has 0 saturated heterocycles. The van der Waals surface area contributed by atoms with Gasteiger partial charge in [-0.15, -0.1) is 0 Å². The predicted molar refractivity (Wildman–Crippen MR) is 79.9 cm³/mol. The summed E-state index contributed by atoms with van der Waals surface area (Å²) >= 11 is 0. The molecule has 1 heterocycles. The molecule has 1 aromatic heterocycles. The third-order valence-electron chi connectivity index (χ3n) is 3.33. The Balaban J connectivity index is 2.22. The number of nitrogens with zero attached hydrogens (tertiary/aromatic N) is 1. The lowest BCUT2D eigenvalue weighted by atomic mass is 10.1. The third kappa shape index (κ3) is 3.07. The number of benzene rings is 1. The fourth-order valence-corrected chi connectivity index (χ4v) is 2.27. The van der Waals surface area contributed by atoms with E-state index in [-0.39, 0.29) is 18.2 Å². The van der Waals surface area contributed by atoms with E-state index < -0.39 is 0 Å². The minimum atomic E-state index is -0.0192. The zero-order chi connectivity index (χ0) is 14.5. The summed E-state index contributed by atoms with van der Waals surface area (Å²) < 4.78 is 1.84. The van der Waals surface area contributed by atoms with Crippen LogP contribution in [0.5, 0.6) is 0 Å². The Morgan fingerprint density at radius 3 is 2.70 bits per heavy atom. The number of carbonyl (C=O) groups excluding carboxylic acids is 2. The maximum Gasteiger partial charge on any atom is 0.239 e. The molecule has 0 aliphatic heterocycles. The number of para-hydroxylation sites is 1. The van der Waals surface area contributed by atoms with Crippen molar-refractivity contribution in [3.05, 3.63) is 36.0 Å². The summed E-state index contributed by atoms with van der Waals surface area (Å²) in [5, 5.41) is 3.79. The molecule has 1 amide bonds. The van der Waals surface area contributed by atoms with Gasteiger partial charge in [-0.05, 0) is 19.4 Å². The van der Waals surface area contributed by atoms with Crippen LogP contribution in [0.2, 0.25) is 0 Å². The largest absolute Gasteiger partial charge is 0.355 e. The molecule has 0 spiro atoms. The number of rotatable bonds is 6. The number of amides is 1. The van der Waals surface area contributed by atoms with Gasteiger partial charge in [0.05, 0.1) is 0 Å². The molecule has 0 unspecified atom stereocenters. The highest BCUT2D eigenvalue weighted by atomic mass is 16.2. The summed E-state index contributed by atoms with van der Waals surface area (Å²) in [6, 6.07) is 7.66.